The van der Waals surface area contributed by atoms with Gasteiger partial charge in [0.05, 0.1) is 57.3 Å². The van der Waals surface area contributed by atoms with E-state index >= 15 is 0 Å². The third-order valence-corrected chi connectivity index (χ3v) is 24.1. The van der Waals surface area contributed by atoms with Crippen LogP contribution in [0.5, 0.6) is 0 Å². The molecule has 0 bridgehead atoms. The molecule has 7 heterocycles. The van der Waals surface area contributed by atoms with Crippen LogP contribution in [0.3, 0.4) is 0 Å². The number of nitrogens with zero attached hydrogens (tertiary/aromatic N) is 8. The second kappa shape index (κ2) is 44.8. The average molecular weight is 1910 g/mol. The summed E-state index contributed by atoms with van der Waals surface area (Å²) in [5.74, 6) is -4.00. The summed E-state index contributed by atoms with van der Waals surface area (Å²) in [5.41, 5.74) is -2.99. The van der Waals surface area contributed by atoms with Crippen molar-refractivity contribution in [2.75, 3.05) is 79.7 Å². The molecule has 3 amide bonds. The summed E-state index contributed by atoms with van der Waals surface area (Å²) >= 11 is 40.6. The van der Waals surface area contributed by atoms with Crippen LogP contribution in [0.2, 0.25) is 35.2 Å². The lowest BCUT2D eigenvalue weighted by molar-refractivity contribution is -0.152. The molecule has 0 spiro atoms. The van der Waals surface area contributed by atoms with Crippen LogP contribution in [-0.4, -0.2) is 188 Å². The van der Waals surface area contributed by atoms with E-state index in [2.05, 4.69) is 25.7 Å². The molecule has 682 valence electrons. The van der Waals surface area contributed by atoms with Crippen LogP contribution in [0, 0.1) is 20.4 Å². The molecule has 39 heteroatoms. The van der Waals surface area contributed by atoms with Gasteiger partial charge < -0.3 is 64.4 Å². The minimum atomic E-state index is -4.71. The van der Waals surface area contributed by atoms with Gasteiger partial charge in [-0.2, -0.15) is 36.5 Å². The number of esters is 2. The molecule has 0 saturated carbocycles. The number of ether oxygens (including phenoxy) is 4. The van der Waals surface area contributed by atoms with E-state index in [-0.39, 0.29) is 61.0 Å². The molecule has 0 radical (unpaired) electrons. The molecule has 5 saturated heterocycles. The second-order valence-corrected chi connectivity index (χ2v) is 35.1. The van der Waals surface area contributed by atoms with Gasteiger partial charge in [-0.1, -0.05) is 130 Å². The first kappa shape index (κ1) is 105. The van der Waals surface area contributed by atoms with E-state index in [1.54, 1.807) is 82.6 Å². The zero-order chi connectivity index (χ0) is 92.3. The van der Waals surface area contributed by atoms with E-state index in [9.17, 15) is 74.9 Å². The number of nitrogens with one attached hydrogen (secondary N) is 2. The van der Waals surface area contributed by atoms with Crippen molar-refractivity contribution < 1.29 is 99.0 Å². The van der Waals surface area contributed by atoms with Crippen LogP contribution in [0.15, 0.2) is 121 Å². The number of hydrogen-bond acceptors (Lipinski definition) is 16. The van der Waals surface area contributed by atoms with Gasteiger partial charge in [0.15, 0.2) is 11.4 Å². The molecule has 0 aliphatic carbocycles. The highest BCUT2D eigenvalue weighted by atomic mass is 35.5. The number of carbonyl (C=O) groups excluding carboxylic acids is 5. The minimum Gasteiger partial charge on any atom is -0.481 e. The van der Waals surface area contributed by atoms with Crippen molar-refractivity contribution in [2.45, 2.75) is 183 Å². The first-order chi connectivity index (χ1) is 58.0. The average Bonchev–Trinajstić information content (AvgIpc) is 1.76. The lowest BCUT2D eigenvalue weighted by atomic mass is 9.72. The maximum absolute atomic E-state index is 13.0. The number of aliphatic carboxylic acids is 3. The number of carboxylic acids is 3. The van der Waals surface area contributed by atoms with Crippen LogP contribution < -0.4 is 10.6 Å². The summed E-state index contributed by atoms with van der Waals surface area (Å²) in [7, 11) is 2.69. The number of benzene rings is 5. The van der Waals surface area contributed by atoms with Gasteiger partial charge in [-0.3, -0.25) is 38.1 Å². The molecule has 12 rings (SSSR count). The number of aromatic nitrogens is 4. The smallest absolute Gasteiger partial charge is 0.436 e. The summed E-state index contributed by atoms with van der Waals surface area (Å²) in [6.45, 7) is 25.3. The van der Waals surface area contributed by atoms with Crippen molar-refractivity contribution in [3.05, 3.63) is 218 Å². The van der Waals surface area contributed by atoms with Gasteiger partial charge in [-0.05, 0) is 215 Å². The minimum absolute atomic E-state index is 0. The van der Waals surface area contributed by atoms with Gasteiger partial charge in [0.2, 0.25) is 5.91 Å². The number of carboxylic acid groups (broad SMARTS) is 3. The van der Waals surface area contributed by atoms with E-state index in [4.69, 9.17) is 112 Å². The van der Waals surface area contributed by atoms with Crippen molar-refractivity contribution in [1.82, 2.24) is 44.9 Å². The standard InChI is InChI=1S/C20H20Cl2F3N3O3.C18H24ClNO4.C17H22ClNO4.C12H13ClN2.C12H14ClNO2.C7H6ClF3N2O2.ClH/c1-12-16(22)17(20(23,24)25)26-28(12)11-15(29)27-9-7-19(8-10-27,18(30)31-2)13-3-5-14(21)6-4-13;1-17(2,3)24-16(22)20-11-9-18(10-12-20,15(21)23-4)13-5-7-14(19)8-6-13;1-16(2,3)23-15(22)19-10-8-17(9-11-19,14(20)21)12-4-6-13(18)7-5-12;1-14-12(6-8-15-9-7-12)10-2-4-11(13)5-3-10;13-10-3-1-9(2-4-10)12(11(15)16)5-7-14-8-6-12;1-3-5(8)6(7(9,10)11)12-13(3)2-4(14)15;/h3-6H,7-11H2,1-2H3;5-8H,9-12H2,1-4H3;4-7H,8-11H2,1-3H3,(H,20,21);2-5,15H,6-9H2;1-4,14H,5-8H2,(H,15,16);2H2,1H3,(H,14,15);1H. The van der Waals surface area contributed by atoms with Crippen LogP contribution >= 0.6 is 93.6 Å². The quantitative estimate of drug-likeness (QED) is 0.0310. The van der Waals surface area contributed by atoms with Crippen LogP contribution in [0.4, 0.5) is 35.9 Å². The molecule has 5 N–H and O–H groups in total. The molecule has 2 aromatic heterocycles. The number of methoxy groups -OCH3 is 2. The molecule has 5 aliphatic heterocycles. The van der Waals surface area contributed by atoms with Gasteiger partial charge in [0.1, 0.15) is 24.3 Å². The van der Waals surface area contributed by atoms with Crippen LogP contribution in [0.25, 0.3) is 4.85 Å². The number of amides is 3. The Morgan fingerprint density at radius 3 is 0.952 bits per heavy atom. The van der Waals surface area contributed by atoms with Gasteiger partial charge in [0, 0.05) is 95.9 Å². The number of alkyl halides is 6. The lowest BCUT2D eigenvalue weighted by Crippen LogP contribution is -2.50. The molecule has 25 nitrogen and oxygen atoms in total. The Morgan fingerprint density at radius 2 is 0.688 bits per heavy atom. The summed E-state index contributed by atoms with van der Waals surface area (Å²) < 4.78 is 98.3. The van der Waals surface area contributed by atoms with Gasteiger partial charge in [-0.25, -0.2) is 16.2 Å². The van der Waals surface area contributed by atoms with Gasteiger partial charge in [0.25, 0.3) is 5.54 Å². The maximum atomic E-state index is 13.0. The SMILES string of the molecule is CC(C)(C)OC(=O)N1CCC(C(=O)O)(c2ccc(Cl)cc2)CC1.COC(=O)C1(c2ccc(Cl)cc2)CCN(C(=O)Cn2nc(C(F)(F)F)c(Cl)c2C)CC1.COC(=O)C1(c2ccc(Cl)cc2)CCN(C(=O)OC(C)(C)C)CC1.Cc1c(Cl)c(C(F)(F)F)nn1CC(=O)O.Cl.O=C(O)C1(c2ccc(Cl)cc2)CCNCC1.[C-]#[N+]C1(c2ccc(Cl)cc2)CCNCC1. The van der Waals surface area contributed by atoms with Crippen LogP contribution in [-0.2, 0) is 100 Å². The second-order valence-electron chi connectivity index (χ2n) is 32.1. The Labute approximate surface area is 762 Å². The third-order valence-electron chi connectivity index (χ3n) is 21.9. The van der Waals surface area contributed by atoms with Crippen molar-refractivity contribution in [3.8, 4) is 0 Å². The molecule has 0 atom stereocenters. The highest BCUT2D eigenvalue weighted by Crippen LogP contribution is 2.44. The van der Waals surface area contributed by atoms with E-state index < -0.39 is 109 Å². The Balaban J connectivity index is 0.000000236. The fraction of sp³-hybridized carbons (Fsp3) is 0.477. The Bertz CT molecular complexity index is 4870. The summed E-state index contributed by atoms with van der Waals surface area (Å²) in [6.07, 6.45) is -4.81. The number of halogens is 14. The molecule has 5 fully saturated rings. The van der Waals surface area contributed by atoms with Crippen molar-refractivity contribution in [3.63, 3.8) is 0 Å². The summed E-state index contributed by atoms with van der Waals surface area (Å²) in [4.78, 5) is 104. The lowest BCUT2D eigenvalue weighted by Gasteiger charge is -2.40. The Morgan fingerprint density at radius 1 is 0.424 bits per heavy atom. The molecule has 125 heavy (non-hydrogen) atoms. The third kappa shape index (κ3) is 27.4. The number of rotatable bonds is 13. The zero-order valence-electron chi connectivity index (χ0n) is 70.2. The number of hydrogen-bond donors (Lipinski definition) is 5. The largest absolute Gasteiger partial charge is 0.481 e. The topological polar surface area (TPSA) is 308 Å². The van der Waals surface area contributed by atoms with Crippen molar-refractivity contribution in [2.24, 2.45) is 0 Å². The number of likely N-dealkylation sites (tertiary alicyclic amines) is 3. The van der Waals surface area contributed by atoms with Gasteiger partial charge >= 0.3 is 54.4 Å². The molecule has 5 aromatic carbocycles. The molecular weight excluding hydrogens is 1810 g/mol. The van der Waals surface area contributed by atoms with Crippen molar-refractivity contribution in [1.29, 1.82) is 0 Å². The molecule has 0 unspecified atom stereocenters. The first-order valence-electron chi connectivity index (χ1n) is 39.3. The maximum Gasteiger partial charge on any atom is 0.436 e. The van der Waals surface area contributed by atoms with Crippen LogP contribution in [0.1, 0.15) is 156 Å². The van der Waals surface area contributed by atoms with Gasteiger partial charge in [-0.15, -0.1) is 12.4 Å². The zero-order valence-corrected chi connectivity index (χ0v) is 76.4. The normalized spacial score (nSPS) is 16.8. The predicted octanol–water partition coefficient (Wildman–Crippen LogP) is 19.0. The Hall–Kier alpha value is -8.81. The fourth-order valence-corrected chi connectivity index (χ4v) is 16.0. The van der Waals surface area contributed by atoms with Crippen molar-refractivity contribution >= 4 is 142 Å². The van der Waals surface area contributed by atoms with E-state index in [0.717, 1.165) is 76.5 Å². The summed E-state index contributed by atoms with van der Waals surface area (Å²) in [5, 5.41) is 42.6. The number of piperidine rings is 5. The highest BCUT2D eigenvalue weighted by Gasteiger charge is 2.50. The first-order valence-corrected chi connectivity index (χ1v) is 41.9. The molecular formula is C86H100Cl8F6N10O15. The molecule has 7 aromatic rings. The summed E-state index contributed by atoms with van der Waals surface area (Å²) in [6, 6.07) is 35.8. The number of carbonyl (C=O) groups is 8. The van der Waals surface area contributed by atoms with E-state index in [1.807, 2.05) is 90.1 Å². The van der Waals surface area contributed by atoms with E-state index in [0.29, 0.717) is 102 Å². The monoisotopic (exact) mass is 1910 g/mol. The Kier molecular flexibility index (Phi) is 37.6. The highest BCUT2D eigenvalue weighted by molar-refractivity contribution is 6.33. The van der Waals surface area contributed by atoms with E-state index in [1.165, 1.54) is 33.0 Å². The fourth-order valence-electron chi connectivity index (χ4n) is 14.9. The predicted molar refractivity (Wildman–Crippen MR) is 464 cm³/mol. The molecule has 5 aliphatic rings.